The fourth-order valence-corrected chi connectivity index (χ4v) is 2.49. The number of hydrogen-bond acceptors (Lipinski definition) is 4. The molecule has 0 saturated heterocycles. The lowest BCUT2D eigenvalue weighted by Crippen LogP contribution is -1.98. The van der Waals surface area contributed by atoms with Crippen LogP contribution < -0.4 is 9.47 Å². The summed E-state index contributed by atoms with van der Waals surface area (Å²) in [6.07, 6.45) is 0. The molecule has 0 N–H and O–H groups in total. The van der Waals surface area contributed by atoms with Crippen LogP contribution in [-0.4, -0.2) is 24.2 Å². The Morgan fingerprint density at radius 3 is 2.18 bits per heavy atom. The van der Waals surface area contributed by atoms with Crippen molar-refractivity contribution in [3.63, 3.8) is 0 Å². The fourth-order valence-electron chi connectivity index (χ4n) is 2.49. The highest BCUT2D eigenvalue weighted by molar-refractivity contribution is 5.89. The van der Waals surface area contributed by atoms with E-state index in [0.717, 1.165) is 27.8 Å². The van der Waals surface area contributed by atoms with Crippen molar-refractivity contribution in [2.75, 3.05) is 14.2 Å². The lowest BCUT2D eigenvalue weighted by Gasteiger charge is -2.12. The van der Waals surface area contributed by atoms with E-state index in [1.54, 1.807) is 14.2 Å². The lowest BCUT2D eigenvalue weighted by molar-refractivity contribution is 0.402. The molecule has 112 valence electrons. The minimum Gasteiger partial charge on any atom is -0.496 e. The van der Waals surface area contributed by atoms with Crippen molar-refractivity contribution >= 4 is 10.9 Å². The summed E-state index contributed by atoms with van der Waals surface area (Å²) >= 11 is 0. The highest BCUT2D eigenvalue weighted by Gasteiger charge is 2.13. The van der Waals surface area contributed by atoms with Gasteiger partial charge in [-0.25, -0.2) is 4.98 Å². The maximum atomic E-state index is 5.45. The van der Waals surface area contributed by atoms with Gasteiger partial charge in [0.1, 0.15) is 5.75 Å². The zero-order valence-electron chi connectivity index (χ0n) is 13.2. The Hall–Kier alpha value is -2.62. The number of rotatable bonds is 3. The van der Waals surface area contributed by atoms with Crippen molar-refractivity contribution in [1.29, 1.82) is 0 Å². The summed E-state index contributed by atoms with van der Waals surface area (Å²) in [4.78, 5) is 9.26. The fraction of sp³-hybridized carbons (Fsp3) is 0.222. The van der Waals surface area contributed by atoms with Gasteiger partial charge in [0, 0.05) is 11.1 Å². The van der Waals surface area contributed by atoms with Crippen LogP contribution in [0.3, 0.4) is 0 Å². The van der Waals surface area contributed by atoms with Gasteiger partial charge >= 0.3 is 0 Å². The predicted molar refractivity (Wildman–Crippen MR) is 87.6 cm³/mol. The molecule has 0 unspecified atom stereocenters. The second-order valence-electron chi connectivity index (χ2n) is 5.21. The van der Waals surface area contributed by atoms with Crippen molar-refractivity contribution in [2.24, 2.45) is 0 Å². The van der Waals surface area contributed by atoms with Crippen molar-refractivity contribution < 1.29 is 9.47 Å². The second kappa shape index (κ2) is 5.64. The van der Waals surface area contributed by atoms with Gasteiger partial charge in [0.2, 0.25) is 5.88 Å². The molecule has 1 aromatic heterocycles. The van der Waals surface area contributed by atoms with Crippen LogP contribution in [0.15, 0.2) is 36.4 Å². The minimum atomic E-state index is 0.575. The zero-order chi connectivity index (χ0) is 15.7. The molecular weight excluding hydrogens is 276 g/mol. The third-order valence-corrected chi connectivity index (χ3v) is 3.76. The molecule has 0 fully saturated rings. The molecule has 0 saturated carbocycles. The van der Waals surface area contributed by atoms with E-state index in [9.17, 15) is 0 Å². The third kappa shape index (κ3) is 2.37. The molecule has 4 heteroatoms. The number of aromatic nitrogens is 2. The van der Waals surface area contributed by atoms with Gasteiger partial charge in [-0.05, 0) is 26.0 Å². The van der Waals surface area contributed by atoms with Gasteiger partial charge < -0.3 is 9.47 Å². The van der Waals surface area contributed by atoms with Crippen LogP contribution in [-0.2, 0) is 0 Å². The summed E-state index contributed by atoms with van der Waals surface area (Å²) in [5.74, 6) is 2.04. The van der Waals surface area contributed by atoms with Gasteiger partial charge in [0.25, 0.3) is 0 Å². The van der Waals surface area contributed by atoms with Gasteiger partial charge in [0.05, 0.1) is 25.1 Å². The number of ether oxygens (including phenoxy) is 2. The lowest BCUT2D eigenvalue weighted by atomic mass is 10.1. The first kappa shape index (κ1) is 14.3. The Morgan fingerprint density at radius 1 is 0.818 bits per heavy atom. The van der Waals surface area contributed by atoms with Crippen molar-refractivity contribution in [3.05, 3.63) is 47.5 Å². The van der Waals surface area contributed by atoms with Crippen LogP contribution >= 0.6 is 0 Å². The van der Waals surface area contributed by atoms with E-state index in [0.29, 0.717) is 11.7 Å². The van der Waals surface area contributed by atoms with Gasteiger partial charge in [0.15, 0.2) is 5.82 Å². The molecule has 3 rings (SSSR count). The van der Waals surface area contributed by atoms with Crippen LogP contribution in [0, 0.1) is 13.8 Å². The van der Waals surface area contributed by atoms with Gasteiger partial charge in [-0.3, -0.25) is 0 Å². The third-order valence-electron chi connectivity index (χ3n) is 3.76. The molecule has 22 heavy (non-hydrogen) atoms. The predicted octanol–water partition coefficient (Wildman–Crippen LogP) is 3.93. The van der Waals surface area contributed by atoms with Crippen LogP contribution in [0.2, 0.25) is 0 Å². The Labute approximate surface area is 129 Å². The van der Waals surface area contributed by atoms with Gasteiger partial charge in [-0.15, -0.1) is 0 Å². The van der Waals surface area contributed by atoms with E-state index >= 15 is 0 Å². The highest BCUT2D eigenvalue weighted by Crippen LogP contribution is 2.32. The van der Waals surface area contributed by atoms with Gasteiger partial charge in [-0.2, -0.15) is 4.98 Å². The van der Waals surface area contributed by atoms with Gasteiger partial charge in [-0.1, -0.05) is 29.8 Å². The molecule has 0 amide bonds. The van der Waals surface area contributed by atoms with Crippen molar-refractivity contribution in [2.45, 2.75) is 13.8 Å². The molecule has 0 aliphatic carbocycles. The zero-order valence-corrected chi connectivity index (χ0v) is 13.2. The Morgan fingerprint density at radius 2 is 1.55 bits per heavy atom. The summed E-state index contributed by atoms with van der Waals surface area (Å²) in [7, 11) is 3.29. The first-order valence-electron chi connectivity index (χ1n) is 7.10. The molecule has 3 aromatic rings. The number of benzene rings is 2. The monoisotopic (exact) mass is 294 g/mol. The molecule has 1 heterocycles. The summed E-state index contributed by atoms with van der Waals surface area (Å²) < 4.78 is 10.8. The SMILES string of the molecule is COc1ccc2c(OC)nc(-c3ccc(C)cc3)nc2c1C. The molecular formula is C18H18N2O2. The van der Waals surface area contributed by atoms with Crippen LogP contribution in [0.4, 0.5) is 0 Å². The van der Waals surface area contributed by atoms with Crippen LogP contribution in [0.25, 0.3) is 22.3 Å². The largest absolute Gasteiger partial charge is 0.496 e. The number of aryl methyl sites for hydroxylation is 2. The maximum Gasteiger partial charge on any atom is 0.224 e. The molecule has 0 aliphatic heterocycles. The topological polar surface area (TPSA) is 44.2 Å². The normalized spacial score (nSPS) is 10.7. The summed E-state index contributed by atoms with van der Waals surface area (Å²) in [6, 6.07) is 12.0. The minimum absolute atomic E-state index is 0.575. The second-order valence-corrected chi connectivity index (χ2v) is 5.21. The Kier molecular flexibility index (Phi) is 3.67. The van der Waals surface area contributed by atoms with E-state index in [2.05, 4.69) is 11.9 Å². The van der Waals surface area contributed by atoms with E-state index in [1.807, 2.05) is 43.3 Å². The number of fused-ring (bicyclic) bond motifs is 1. The molecule has 0 radical (unpaired) electrons. The molecule has 0 bridgehead atoms. The molecule has 0 spiro atoms. The number of nitrogens with zero attached hydrogens (tertiary/aromatic N) is 2. The molecule has 0 atom stereocenters. The average molecular weight is 294 g/mol. The van der Waals surface area contributed by atoms with Crippen molar-refractivity contribution in [1.82, 2.24) is 9.97 Å². The summed E-state index contributed by atoms with van der Waals surface area (Å²) in [5, 5.41) is 0.886. The van der Waals surface area contributed by atoms with Crippen LogP contribution in [0.5, 0.6) is 11.6 Å². The van der Waals surface area contributed by atoms with E-state index in [4.69, 9.17) is 14.5 Å². The first-order valence-corrected chi connectivity index (χ1v) is 7.10. The number of methoxy groups -OCH3 is 2. The first-order chi connectivity index (χ1) is 10.6. The maximum absolute atomic E-state index is 5.45. The van der Waals surface area contributed by atoms with E-state index in [1.165, 1.54) is 5.56 Å². The molecule has 2 aromatic carbocycles. The standard InChI is InChI=1S/C18H18N2O2/c1-11-5-7-13(8-6-11)17-19-16-12(2)15(21-3)10-9-14(16)18(20-17)22-4/h5-10H,1-4H3. The van der Waals surface area contributed by atoms with Crippen LogP contribution in [0.1, 0.15) is 11.1 Å². The quantitative estimate of drug-likeness (QED) is 0.734. The Bertz CT molecular complexity index is 827. The summed E-state index contributed by atoms with van der Waals surface area (Å²) in [5.41, 5.74) is 4.00. The highest BCUT2D eigenvalue weighted by atomic mass is 16.5. The van der Waals surface area contributed by atoms with Crippen molar-refractivity contribution in [3.8, 4) is 23.0 Å². The average Bonchev–Trinajstić information content (AvgIpc) is 2.55. The van der Waals surface area contributed by atoms with E-state index < -0.39 is 0 Å². The molecule has 0 aliphatic rings. The smallest absolute Gasteiger partial charge is 0.224 e. The summed E-state index contributed by atoms with van der Waals surface area (Å²) in [6.45, 7) is 4.05. The van der Waals surface area contributed by atoms with E-state index in [-0.39, 0.29) is 0 Å². The number of hydrogen-bond donors (Lipinski definition) is 0. The molecule has 4 nitrogen and oxygen atoms in total. The Balaban J connectivity index is 2.28.